The predicted octanol–water partition coefficient (Wildman–Crippen LogP) is 4.34. The molecular formula is C22H22N4O. The van der Waals surface area contributed by atoms with Crippen molar-refractivity contribution in [2.24, 2.45) is 0 Å². The molecule has 0 aliphatic carbocycles. The lowest BCUT2D eigenvalue weighted by molar-refractivity contribution is -0.132. The molecule has 1 saturated heterocycles. The first-order valence-electron chi connectivity index (χ1n) is 9.59. The Morgan fingerprint density at radius 2 is 1.93 bits per heavy atom. The van der Waals surface area contributed by atoms with Gasteiger partial charge < -0.3 is 14.9 Å². The Hall–Kier alpha value is -3.08. The first kappa shape index (κ1) is 16.1. The maximum atomic E-state index is 12.9. The third kappa shape index (κ3) is 2.89. The van der Waals surface area contributed by atoms with Crippen molar-refractivity contribution in [3.63, 3.8) is 0 Å². The van der Waals surface area contributed by atoms with Crippen molar-refractivity contribution in [2.75, 3.05) is 6.54 Å². The molecule has 0 radical (unpaired) electrons. The second-order valence-electron chi connectivity index (χ2n) is 7.24. The van der Waals surface area contributed by atoms with Crippen molar-refractivity contribution in [2.45, 2.75) is 31.7 Å². The summed E-state index contributed by atoms with van der Waals surface area (Å²) in [5.41, 5.74) is 4.33. The van der Waals surface area contributed by atoms with Gasteiger partial charge in [0, 0.05) is 30.1 Å². The molecule has 2 aromatic heterocycles. The Kier molecular flexibility index (Phi) is 3.93. The smallest absolute Gasteiger partial charge is 0.223 e. The number of fused-ring (bicyclic) bond motifs is 2. The minimum absolute atomic E-state index is 0.0628. The van der Waals surface area contributed by atoms with Crippen molar-refractivity contribution >= 4 is 27.8 Å². The number of hydrogen-bond donors (Lipinski definition) is 2. The molecule has 0 unspecified atom stereocenters. The summed E-state index contributed by atoms with van der Waals surface area (Å²) in [6.07, 6.45) is 5.31. The zero-order valence-corrected chi connectivity index (χ0v) is 15.1. The minimum atomic E-state index is 0.0628. The van der Waals surface area contributed by atoms with Gasteiger partial charge in [0.1, 0.15) is 5.82 Å². The SMILES string of the molecule is O=C(CCc1c[nH]c2ccccc12)N1CCC[C@H]1c1nc2ccccc2[nH]1. The molecule has 0 bridgehead atoms. The van der Waals surface area contributed by atoms with Gasteiger partial charge in [-0.3, -0.25) is 4.79 Å². The Labute approximate surface area is 157 Å². The molecule has 0 spiro atoms. The highest BCUT2D eigenvalue weighted by Gasteiger charge is 2.31. The van der Waals surface area contributed by atoms with Crippen LogP contribution in [0.5, 0.6) is 0 Å². The van der Waals surface area contributed by atoms with E-state index in [4.69, 9.17) is 4.98 Å². The summed E-state index contributed by atoms with van der Waals surface area (Å²) in [4.78, 5) is 26.4. The number of nitrogens with zero attached hydrogens (tertiary/aromatic N) is 2. The minimum Gasteiger partial charge on any atom is -0.361 e. The van der Waals surface area contributed by atoms with Gasteiger partial charge >= 0.3 is 0 Å². The fraction of sp³-hybridized carbons (Fsp3) is 0.273. The quantitative estimate of drug-likeness (QED) is 0.570. The summed E-state index contributed by atoms with van der Waals surface area (Å²) in [7, 11) is 0. The summed E-state index contributed by atoms with van der Waals surface area (Å²) in [5.74, 6) is 1.12. The van der Waals surface area contributed by atoms with Crippen LogP contribution in [-0.4, -0.2) is 32.3 Å². The number of aromatic amines is 2. The molecule has 27 heavy (non-hydrogen) atoms. The van der Waals surface area contributed by atoms with Gasteiger partial charge in [-0.25, -0.2) is 4.98 Å². The van der Waals surface area contributed by atoms with Gasteiger partial charge in [0.15, 0.2) is 0 Å². The lowest BCUT2D eigenvalue weighted by Gasteiger charge is -2.23. The number of aryl methyl sites for hydroxylation is 1. The Balaban J connectivity index is 1.33. The zero-order chi connectivity index (χ0) is 18.2. The molecule has 5 rings (SSSR count). The fourth-order valence-electron chi connectivity index (χ4n) is 4.20. The molecule has 5 nitrogen and oxygen atoms in total. The molecule has 1 atom stereocenters. The van der Waals surface area contributed by atoms with Crippen LogP contribution < -0.4 is 0 Å². The van der Waals surface area contributed by atoms with Crippen LogP contribution in [-0.2, 0) is 11.2 Å². The number of amides is 1. The van der Waals surface area contributed by atoms with E-state index < -0.39 is 0 Å². The number of H-pyrrole nitrogens is 2. The van der Waals surface area contributed by atoms with E-state index in [0.29, 0.717) is 6.42 Å². The third-order valence-corrected chi connectivity index (χ3v) is 5.58. The van der Waals surface area contributed by atoms with E-state index in [1.807, 2.05) is 47.5 Å². The number of likely N-dealkylation sites (tertiary alicyclic amines) is 1. The maximum Gasteiger partial charge on any atom is 0.223 e. The van der Waals surface area contributed by atoms with Crippen LogP contribution in [0.25, 0.3) is 21.9 Å². The molecule has 1 aliphatic heterocycles. The lowest BCUT2D eigenvalue weighted by atomic mass is 10.1. The topological polar surface area (TPSA) is 64.8 Å². The standard InChI is InChI=1S/C22H22N4O/c27-21(12-11-15-14-23-17-7-2-1-6-16(15)17)26-13-5-10-20(26)22-24-18-8-3-4-9-19(18)25-22/h1-4,6-9,14,20,23H,5,10-13H2,(H,24,25)/t20-/m0/s1. The van der Waals surface area contributed by atoms with Crippen molar-refractivity contribution in [1.29, 1.82) is 0 Å². The number of benzene rings is 2. The number of rotatable bonds is 4. The molecular weight excluding hydrogens is 336 g/mol. The molecule has 5 heteroatoms. The summed E-state index contributed by atoms with van der Waals surface area (Å²) >= 11 is 0. The highest BCUT2D eigenvalue weighted by Crippen LogP contribution is 2.32. The normalized spacial score (nSPS) is 17.2. The molecule has 2 N–H and O–H groups in total. The second kappa shape index (κ2) is 6.58. The molecule has 2 aromatic carbocycles. The van der Waals surface area contributed by atoms with Gasteiger partial charge in [-0.05, 0) is 43.0 Å². The van der Waals surface area contributed by atoms with Gasteiger partial charge in [-0.15, -0.1) is 0 Å². The van der Waals surface area contributed by atoms with E-state index in [1.165, 1.54) is 10.9 Å². The number of hydrogen-bond acceptors (Lipinski definition) is 2. The monoisotopic (exact) mass is 358 g/mol. The average Bonchev–Trinajstić information content (AvgIpc) is 3.43. The van der Waals surface area contributed by atoms with Crippen LogP contribution in [0.4, 0.5) is 0 Å². The van der Waals surface area contributed by atoms with Crippen molar-refractivity contribution in [3.8, 4) is 0 Å². The van der Waals surface area contributed by atoms with Gasteiger partial charge in [-0.1, -0.05) is 30.3 Å². The molecule has 0 saturated carbocycles. The first-order chi connectivity index (χ1) is 13.3. The van der Waals surface area contributed by atoms with Crippen molar-refractivity contribution < 1.29 is 4.79 Å². The highest BCUT2D eigenvalue weighted by molar-refractivity contribution is 5.84. The average molecular weight is 358 g/mol. The number of para-hydroxylation sites is 3. The largest absolute Gasteiger partial charge is 0.361 e. The van der Waals surface area contributed by atoms with Crippen LogP contribution >= 0.6 is 0 Å². The Morgan fingerprint density at radius 1 is 1.11 bits per heavy atom. The molecule has 4 aromatic rings. The number of aromatic nitrogens is 3. The van der Waals surface area contributed by atoms with Crippen molar-refractivity contribution in [1.82, 2.24) is 19.9 Å². The number of carbonyl (C=O) groups excluding carboxylic acids is 1. The van der Waals surface area contributed by atoms with E-state index in [9.17, 15) is 4.79 Å². The van der Waals surface area contributed by atoms with E-state index in [-0.39, 0.29) is 11.9 Å². The zero-order valence-electron chi connectivity index (χ0n) is 15.1. The van der Waals surface area contributed by atoms with Gasteiger partial charge in [0.2, 0.25) is 5.91 Å². The second-order valence-corrected chi connectivity index (χ2v) is 7.24. The van der Waals surface area contributed by atoms with E-state index in [2.05, 4.69) is 22.1 Å². The summed E-state index contributed by atoms with van der Waals surface area (Å²) in [6.45, 7) is 0.814. The van der Waals surface area contributed by atoms with E-state index >= 15 is 0 Å². The number of imidazole rings is 1. The summed E-state index contributed by atoms with van der Waals surface area (Å²) < 4.78 is 0. The maximum absolute atomic E-state index is 12.9. The van der Waals surface area contributed by atoms with Gasteiger partial charge in [0.25, 0.3) is 0 Å². The first-order valence-corrected chi connectivity index (χ1v) is 9.59. The molecule has 3 heterocycles. The Bertz CT molecular complexity index is 1080. The molecule has 1 fully saturated rings. The molecule has 1 amide bonds. The van der Waals surface area contributed by atoms with Crippen LogP contribution in [0.3, 0.4) is 0 Å². The van der Waals surface area contributed by atoms with E-state index in [0.717, 1.165) is 48.2 Å². The van der Waals surface area contributed by atoms with Crippen LogP contribution in [0, 0.1) is 0 Å². The van der Waals surface area contributed by atoms with Gasteiger partial charge in [-0.2, -0.15) is 0 Å². The van der Waals surface area contributed by atoms with Crippen LogP contribution in [0.15, 0.2) is 54.7 Å². The van der Waals surface area contributed by atoms with Crippen LogP contribution in [0.1, 0.15) is 36.7 Å². The van der Waals surface area contributed by atoms with Gasteiger partial charge in [0.05, 0.1) is 17.1 Å². The molecule has 1 aliphatic rings. The summed E-state index contributed by atoms with van der Waals surface area (Å²) in [6, 6.07) is 16.3. The fourth-order valence-corrected chi connectivity index (χ4v) is 4.20. The number of carbonyl (C=O) groups is 1. The Morgan fingerprint density at radius 3 is 2.81 bits per heavy atom. The predicted molar refractivity (Wildman–Crippen MR) is 106 cm³/mol. The summed E-state index contributed by atoms with van der Waals surface area (Å²) in [5, 5.41) is 1.21. The van der Waals surface area contributed by atoms with Crippen molar-refractivity contribution in [3.05, 3.63) is 66.1 Å². The van der Waals surface area contributed by atoms with E-state index in [1.54, 1.807) is 0 Å². The van der Waals surface area contributed by atoms with Crippen LogP contribution in [0.2, 0.25) is 0 Å². The lowest BCUT2D eigenvalue weighted by Crippen LogP contribution is -2.31. The third-order valence-electron chi connectivity index (χ3n) is 5.58. The highest BCUT2D eigenvalue weighted by atomic mass is 16.2. The number of nitrogens with one attached hydrogen (secondary N) is 2. The molecule has 136 valence electrons.